The van der Waals surface area contributed by atoms with Gasteiger partial charge in [0, 0.05) is 24.9 Å². The lowest BCUT2D eigenvalue weighted by molar-refractivity contribution is -0.384. The first-order valence-corrected chi connectivity index (χ1v) is 11.8. The van der Waals surface area contributed by atoms with E-state index < -0.39 is 26.9 Å². The second-order valence-corrected chi connectivity index (χ2v) is 9.71. The monoisotopic (exact) mass is 464 g/mol. The number of nitro benzene ring substituents is 1. The van der Waals surface area contributed by atoms with E-state index in [0.717, 1.165) is 33.5 Å². The summed E-state index contributed by atoms with van der Waals surface area (Å²) in [5.41, 5.74) is 0.862. The molecule has 3 aromatic rings. The zero-order chi connectivity index (χ0) is 22.9. The van der Waals surface area contributed by atoms with Gasteiger partial charge in [0.15, 0.2) is 0 Å². The Balaban J connectivity index is 1.97. The van der Waals surface area contributed by atoms with Gasteiger partial charge in [-0.2, -0.15) is 0 Å². The van der Waals surface area contributed by atoms with E-state index >= 15 is 0 Å². The van der Waals surface area contributed by atoms with Crippen molar-refractivity contribution in [1.29, 1.82) is 0 Å². The first-order chi connectivity index (χ1) is 14.5. The summed E-state index contributed by atoms with van der Waals surface area (Å²) < 4.78 is 28.1. The summed E-state index contributed by atoms with van der Waals surface area (Å²) in [5.74, 6) is -0.595. The molecule has 1 aromatic heterocycles. The number of nitro groups is 1. The number of aromatic nitrogens is 1. The topological polar surface area (TPSA) is 132 Å². The molecule has 10 nitrogen and oxygen atoms in total. The van der Waals surface area contributed by atoms with Crippen LogP contribution in [0.2, 0.25) is 0 Å². The molecule has 0 aliphatic rings. The summed E-state index contributed by atoms with van der Waals surface area (Å²) >= 11 is 1.03. The molecule has 12 heteroatoms. The Morgan fingerprint density at radius 2 is 2.00 bits per heavy atom. The van der Waals surface area contributed by atoms with Crippen molar-refractivity contribution in [2.45, 2.75) is 19.4 Å². The number of anilines is 2. The van der Waals surface area contributed by atoms with Crippen molar-refractivity contribution in [3.05, 3.63) is 62.2 Å². The van der Waals surface area contributed by atoms with Gasteiger partial charge in [-0.05, 0) is 30.7 Å². The maximum absolute atomic E-state index is 13.0. The lowest BCUT2D eigenvalue weighted by Crippen LogP contribution is -2.47. The van der Waals surface area contributed by atoms with E-state index in [0.29, 0.717) is 10.4 Å². The van der Waals surface area contributed by atoms with Crippen molar-refractivity contribution in [2.24, 2.45) is 7.05 Å². The largest absolute Gasteiger partial charge is 0.324 e. The predicted octanol–water partition coefficient (Wildman–Crippen LogP) is 2.69. The third kappa shape index (κ3) is 4.59. The molecule has 1 N–H and O–H groups in total. The number of rotatable bonds is 7. The SMILES string of the molecule is CCC(C(=O)Nc1ccc2c(c1)sc(=O)n2C)N(c1cccc([N+](=O)[O-])c1)S(C)(=O)=O. The summed E-state index contributed by atoms with van der Waals surface area (Å²) in [4.78, 5) is 35.2. The van der Waals surface area contributed by atoms with Gasteiger partial charge in [0.05, 0.1) is 27.1 Å². The lowest BCUT2D eigenvalue weighted by Gasteiger charge is -2.30. The Hall–Kier alpha value is -3.25. The quantitative estimate of drug-likeness (QED) is 0.422. The molecule has 0 radical (unpaired) electrons. The Labute approximate surface area is 181 Å². The number of hydrogen-bond donors (Lipinski definition) is 1. The van der Waals surface area contributed by atoms with E-state index in [1.165, 1.54) is 22.8 Å². The zero-order valence-electron chi connectivity index (χ0n) is 16.9. The van der Waals surface area contributed by atoms with Crippen LogP contribution in [-0.4, -0.2) is 36.1 Å². The standard InChI is InChI=1S/C19H20N4O6S2/c1-4-15(22(31(3,28)29)13-6-5-7-14(11-13)23(26)27)18(24)20-12-8-9-16-17(10-12)30-19(25)21(16)2/h5-11,15H,4H2,1-3H3,(H,20,24). The van der Waals surface area contributed by atoms with Gasteiger partial charge in [-0.1, -0.05) is 24.3 Å². The maximum Gasteiger partial charge on any atom is 0.307 e. The fraction of sp³-hybridized carbons (Fsp3) is 0.263. The second kappa shape index (κ2) is 8.47. The number of hydrogen-bond acceptors (Lipinski definition) is 7. The highest BCUT2D eigenvalue weighted by atomic mass is 32.2. The number of nitrogens with one attached hydrogen (secondary N) is 1. The van der Waals surface area contributed by atoms with Crippen LogP contribution in [0, 0.1) is 10.1 Å². The molecular formula is C19H20N4O6S2. The number of benzene rings is 2. The highest BCUT2D eigenvalue weighted by molar-refractivity contribution is 7.92. The van der Waals surface area contributed by atoms with Gasteiger partial charge in [-0.3, -0.25) is 24.0 Å². The van der Waals surface area contributed by atoms with E-state index in [1.54, 1.807) is 32.2 Å². The number of aryl methyl sites for hydroxylation is 1. The van der Waals surface area contributed by atoms with Gasteiger partial charge < -0.3 is 9.88 Å². The van der Waals surface area contributed by atoms with Crippen LogP contribution in [0.3, 0.4) is 0 Å². The van der Waals surface area contributed by atoms with Crippen LogP contribution in [-0.2, 0) is 21.9 Å². The van der Waals surface area contributed by atoms with E-state index in [-0.39, 0.29) is 22.7 Å². The number of amides is 1. The van der Waals surface area contributed by atoms with Crippen LogP contribution in [0.25, 0.3) is 10.2 Å². The molecule has 0 aliphatic carbocycles. The average Bonchev–Trinajstić information content (AvgIpc) is 2.98. The Morgan fingerprint density at radius 3 is 2.61 bits per heavy atom. The van der Waals surface area contributed by atoms with Crippen molar-refractivity contribution in [3.63, 3.8) is 0 Å². The molecular weight excluding hydrogens is 444 g/mol. The molecule has 1 atom stereocenters. The molecule has 1 amide bonds. The van der Waals surface area contributed by atoms with E-state index in [4.69, 9.17) is 0 Å². The summed E-state index contributed by atoms with van der Waals surface area (Å²) in [6.45, 7) is 1.64. The third-order valence-corrected chi connectivity index (χ3v) is 6.86. The van der Waals surface area contributed by atoms with Crippen molar-refractivity contribution in [3.8, 4) is 0 Å². The number of nitrogens with zero attached hydrogens (tertiary/aromatic N) is 3. The Kier molecular flexibility index (Phi) is 6.13. The molecule has 0 saturated heterocycles. The van der Waals surface area contributed by atoms with Crippen LogP contribution in [0.15, 0.2) is 47.3 Å². The normalized spacial score (nSPS) is 12.5. The van der Waals surface area contributed by atoms with Crippen LogP contribution in [0.5, 0.6) is 0 Å². The first-order valence-electron chi connectivity index (χ1n) is 9.17. The maximum atomic E-state index is 13.0. The minimum Gasteiger partial charge on any atom is -0.324 e. The molecule has 1 heterocycles. The van der Waals surface area contributed by atoms with Gasteiger partial charge in [0.25, 0.3) is 5.69 Å². The van der Waals surface area contributed by atoms with E-state index in [9.17, 15) is 28.1 Å². The molecule has 31 heavy (non-hydrogen) atoms. The van der Waals surface area contributed by atoms with Crippen LogP contribution < -0.4 is 14.5 Å². The van der Waals surface area contributed by atoms with Gasteiger partial charge in [-0.25, -0.2) is 8.42 Å². The number of carbonyl (C=O) groups excluding carboxylic acids is 1. The second-order valence-electron chi connectivity index (χ2n) is 6.86. The van der Waals surface area contributed by atoms with E-state index in [2.05, 4.69) is 5.32 Å². The average molecular weight is 465 g/mol. The van der Waals surface area contributed by atoms with Crippen molar-refractivity contribution >= 4 is 54.5 Å². The lowest BCUT2D eigenvalue weighted by atomic mass is 10.1. The molecule has 0 bridgehead atoms. The summed E-state index contributed by atoms with van der Waals surface area (Å²) in [6.07, 6.45) is 1.07. The van der Waals surface area contributed by atoms with E-state index in [1.807, 2.05) is 0 Å². The predicted molar refractivity (Wildman–Crippen MR) is 120 cm³/mol. The van der Waals surface area contributed by atoms with Crippen molar-refractivity contribution in [1.82, 2.24) is 4.57 Å². The number of carbonyl (C=O) groups is 1. The van der Waals surface area contributed by atoms with Gasteiger partial charge in [-0.15, -0.1) is 0 Å². The fourth-order valence-corrected chi connectivity index (χ4v) is 5.36. The smallest absolute Gasteiger partial charge is 0.307 e. The molecule has 0 spiro atoms. The first kappa shape index (κ1) is 22.4. The highest BCUT2D eigenvalue weighted by Gasteiger charge is 2.32. The van der Waals surface area contributed by atoms with Crippen molar-refractivity contribution in [2.75, 3.05) is 15.9 Å². The molecule has 2 aromatic carbocycles. The summed E-state index contributed by atoms with van der Waals surface area (Å²) in [5, 5.41) is 13.8. The van der Waals surface area contributed by atoms with Crippen molar-refractivity contribution < 1.29 is 18.1 Å². The molecule has 0 saturated carbocycles. The zero-order valence-corrected chi connectivity index (χ0v) is 18.6. The number of sulfonamides is 1. The molecule has 3 rings (SSSR count). The van der Waals surface area contributed by atoms with Crippen LogP contribution in [0.4, 0.5) is 17.1 Å². The van der Waals surface area contributed by atoms with Crippen LogP contribution in [0.1, 0.15) is 13.3 Å². The third-order valence-electron chi connectivity index (χ3n) is 4.68. The number of thiazole rings is 1. The Morgan fingerprint density at radius 1 is 1.29 bits per heavy atom. The molecule has 164 valence electrons. The number of fused-ring (bicyclic) bond motifs is 1. The van der Waals surface area contributed by atoms with Gasteiger partial charge in [0.1, 0.15) is 6.04 Å². The summed E-state index contributed by atoms with van der Waals surface area (Å²) in [7, 11) is -2.29. The molecule has 1 unspecified atom stereocenters. The van der Waals surface area contributed by atoms with Gasteiger partial charge >= 0.3 is 4.87 Å². The highest BCUT2D eigenvalue weighted by Crippen LogP contribution is 2.27. The fourth-order valence-electron chi connectivity index (χ4n) is 3.24. The molecule has 0 fully saturated rings. The number of non-ortho nitro benzene ring substituents is 1. The minimum absolute atomic E-state index is 0.0235. The minimum atomic E-state index is -3.94. The van der Waals surface area contributed by atoms with Crippen LogP contribution >= 0.6 is 11.3 Å². The molecule has 0 aliphatic heterocycles. The van der Waals surface area contributed by atoms with Gasteiger partial charge in [0.2, 0.25) is 15.9 Å². The summed E-state index contributed by atoms with van der Waals surface area (Å²) in [6, 6.07) is 8.94. The Bertz CT molecular complexity index is 1330.